The van der Waals surface area contributed by atoms with Crippen LogP contribution in [0.5, 0.6) is 0 Å². The lowest BCUT2D eigenvalue weighted by Gasteiger charge is -2.34. The largest absolute Gasteiger partial charge is 0.444 e. The van der Waals surface area contributed by atoms with Gasteiger partial charge in [0.25, 0.3) is 0 Å². The Morgan fingerprint density at radius 3 is 2.88 bits per heavy atom. The number of ether oxygens (including phenoxy) is 2. The molecule has 2 heterocycles. The van der Waals surface area contributed by atoms with E-state index in [1.807, 2.05) is 50.8 Å². The van der Waals surface area contributed by atoms with Gasteiger partial charge in [0, 0.05) is 25.9 Å². The molecule has 1 saturated heterocycles. The molecular formula is C19H30N2O3. The summed E-state index contributed by atoms with van der Waals surface area (Å²) in [7, 11) is 0. The Labute approximate surface area is 145 Å². The minimum Gasteiger partial charge on any atom is -0.444 e. The van der Waals surface area contributed by atoms with E-state index in [-0.39, 0.29) is 12.2 Å². The molecule has 0 radical (unpaired) electrons. The third-order valence-corrected chi connectivity index (χ3v) is 4.17. The van der Waals surface area contributed by atoms with Crippen molar-refractivity contribution in [3.63, 3.8) is 0 Å². The van der Waals surface area contributed by atoms with Crippen LogP contribution in [0.2, 0.25) is 0 Å². The first kappa shape index (κ1) is 18.7. The van der Waals surface area contributed by atoms with Gasteiger partial charge in [0.2, 0.25) is 0 Å². The second-order valence-corrected chi connectivity index (χ2v) is 7.49. The summed E-state index contributed by atoms with van der Waals surface area (Å²) < 4.78 is 11.4. The lowest BCUT2D eigenvalue weighted by Crippen LogP contribution is -2.43. The molecule has 0 bridgehead atoms. The number of hydrogen-bond donors (Lipinski definition) is 0. The predicted octanol–water partition coefficient (Wildman–Crippen LogP) is 4.20. The molecule has 1 aliphatic rings. The Kier molecular flexibility index (Phi) is 6.60. The highest BCUT2D eigenvalue weighted by atomic mass is 16.6. The first-order valence-corrected chi connectivity index (χ1v) is 8.85. The van der Waals surface area contributed by atoms with Crippen LogP contribution in [0.25, 0.3) is 0 Å². The van der Waals surface area contributed by atoms with Crippen LogP contribution in [-0.2, 0) is 9.47 Å². The molecule has 0 aromatic carbocycles. The van der Waals surface area contributed by atoms with Gasteiger partial charge in [-0.05, 0) is 65.0 Å². The summed E-state index contributed by atoms with van der Waals surface area (Å²) in [5.74, 6) is 0.474. The second-order valence-electron chi connectivity index (χ2n) is 7.49. The van der Waals surface area contributed by atoms with Crippen molar-refractivity contribution in [1.82, 2.24) is 9.88 Å². The Balaban J connectivity index is 1.74. The van der Waals surface area contributed by atoms with E-state index in [9.17, 15) is 4.79 Å². The molecule has 5 nitrogen and oxygen atoms in total. The number of aromatic nitrogens is 1. The van der Waals surface area contributed by atoms with Crippen molar-refractivity contribution in [2.75, 3.05) is 19.7 Å². The number of pyridine rings is 1. The van der Waals surface area contributed by atoms with Crippen LogP contribution >= 0.6 is 0 Å². The Hall–Kier alpha value is -1.62. The van der Waals surface area contributed by atoms with E-state index < -0.39 is 5.60 Å². The maximum Gasteiger partial charge on any atom is 0.410 e. The summed E-state index contributed by atoms with van der Waals surface area (Å²) in [5, 5.41) is 0. The summed E-state index contributed by atoms with van der Waals surface area (Å²) >= 11 is 0. The van der Waals surface area contributed by atoms with Gasteiger partial charge in [0.05, 0.1) is 11.8 Å². The quantitative estimate of drug-likeness (QED) is 0.810. The maximum absolute atomic E-state index is 12.2. The van der Waals surface area contributed by atoms with Crippen molar-refractivity contribution < 1.29 is 14.3 Å². The summed E-state index contributed by atoms with van der Waals surface area (Å²) in [6.07, 6.45) is 4.71. The van der Waals surface area contributed by atoms with Gasteiger partial charge in [-0.2, -0.15) is 0 Å². The standard InChI is InChI=1S/C19H30N2O3/c1-15(17-9-5-6-11-20-17)23-13-10-16-8-7-12-21(14-16)18(22)24-19(2,3)4/h5-6,9,11,15-16H,7-8,10,12-14H2,1-4H3. The zero-order chi connectivity index (χ0) is 17.6. The number of likely N-dealkylation sites (tertiary alicyclic amines) is 1. The fourth-order valence-electron chi connectivity index (χ4n) is 2.91. The van der Waals surface area contributed by atoms with Gasteiger partial charge in [-0.15, -0.1) is 0 Å². The summed E-state index contributed by atoms with van der Waals surface area (Å²) in [6.45, 7) is 9.96. The molecule has 1 amide bonds. The Morgan fingerprint density at radius 2 is 2.21 bits per heavy atom. The molecule has 134 valence electrons. The third kappa shape index (κ3) is 6.11. The van der Waals surface area contributed by atoms with E-state index in [2.05, 4.69) is 4.98 Å². The van der Waals surface area contributed by atoms with Gasteiger partial charge < -0.3 is 14.4 Å². The first-order chi connectivity index (χ1) is 11.3. The number of hydrogen-bond acceptors (Lipinski definition) is 4. The molecule has 0 aliphatic carbocycles. The van der Waals surface area contributed by atoms with E-state index in [0.717, 1.165) is 38.0 Å². The molecule has 1 fully saturated rings. The molecule has 1 aliphatic heterocycles. The van der Waals surface area contributed by atoms with Gasteiger partial charge in [-0.1, -0.05) is 6.07 Å². The smallest absolute Gasteiger partial charge is 0.410 e. The van der Waals surface area contributed by atoms with Gasteiger partial charge in [0.1, 0.15) is 5.60 Å². The van der Waals surface area contributed by atoms with Gasteiger partial charge in [-0.25, -0.2) is 4.79 Å². The lowest BCUT2D eigenvalue weighted by molar-refractivity contribution is 0.0104. The number of rotatable bonds is 5. The minimum atomic E-state index is -0.439. The van der Waals surface area contributed by atoms with Crippen molar-refractivity contribution in [3.05, 3.63) is 30.1 Å². The van der Waals surface area contributed by atoms with E-state index in [0.29, 0.717) is 12.5 Å². The van der Waals surface area contributed by atoms with Crippen molar-refractivity contribution in [1.29, 1.82) is 0 Å². The molecule has 0 N–H and O–H groups in total. The van der Waals surface area contributed by atoms with Crippen molar-refractivity contribution in [2.45, 2.75) is 58.7 Å². The predicted molar refractivity (Wildman–Crippen MR) is 93.8 cm³/mol. The first-order valence-electron chi connectivity index (χ1n) is 8.85. The minimum absolute atomic E-state index is 0.00301. The van der Waals surface area contributed by atoms with E-state index in [1.54, 1.807) is 6.20 Å². The number of piperidine rings is 1. The number of amides is 1. The van der Waals surface area contributed by atoms with Gasteiger partial charge >= 0.3 is 6.09 Å². The third-order valence-electron chi connectivity index (χ3n) is 4.17. The molecule has 0 spiro atoms. The Morgan fingerprint density at radius 1 is 1.42 bits per heavy atom. The van der Waals surface area contributed by atoms with Crippen molar-refractivity contribution >= 4 is 6.09 Å². The summed E-state index contributed by atoms with van der Waals surface area (Å²) in [5.41, 5.74) is 0.516. The molecule has 1 aromatic heterocycles. The molecule has 2 atom stereocenters. The summed E-state index contributed by atoms with van der Waals surface area (Å²) in [4.78, 5) is 18.3. The van der Waals surface area contributed by atoms with Crippen LogP contribution in [0.15, 0.2) is 24.4 Å². The zero-order valence-electron chi connectivity index (χ0n) is 15.3. The van der Waals surface area contributed by atoms with Gasteiger partial charge in [0.15, 0.2) is 0 Å². The number of carbonyl (C=O) groups is 1. The monoisotopic (exact) mass is 334 g/mol. The SMILES string of the molecule is CC(OCCC1CCCN(C(=O)OC(C)(C)C)C1)c1ccccn1. The van der Waals surface area contributed by atoms with Crippen molar-refractivity contribution in [3.8, 4) is 0 Å². The Bertz CT molecular complexity index is 513. The fourth-order valence-corrected chi connectivity index (χ4v) is 2.91. The van der Waals surface area contributed by atoms with Crippen LogP contribution in [-0.4, -0.2) is 41.3 Å². The van der Waals surface area contributed by atoms with E-state index in [1.165, 1.54) is 0 Å². The molecule has 24 heavy (non-hydrogen) atoms. The highest BCUT2D eigenvalue weighted by molar-refractivity contribution is 5.68. The summed E-state index contributed by atoms with van der Waals surface area (Å²) in [6, 6.07) is 5.86. The molecule has 1 aromatic rings. The number of nitrogens with zero attached hydrogens (tertiary/aromatic N) is 2. The zero-order valence-corrected chi connectivity index (χ0v) is 15.3. The maximum atomic E-state index is 12.2. The molecule has 0 saturated carbocycles. The van der Waals surface area contributed by atoms with Crippen LogP contribution in [0.4, 0.5) is 4.79 Å². The molecule has 5 heteroatoms. The lowest BCUT2D eigenvalue weighted by atomic mass is 9.95. The fraction of sp³-hybridized carbons (Fsp3) is 0.684. The molecule has 2 rings (SSSR count). The second kappa shape index (κ2) is 8.47. The highest BCUT2D eigenvalue weighted by Gasteiger charge is 2.27. The van der Waals surface area contributed by atoms with Gasteiger partial charge in [-0.3, -0.25) is 4.98 Å². The molecular weight excluding hydrogens is 304 g/mol. The van der Waals surface area contributed by atoms with Crippen LogP contribution in [0.3, 0.4) is 0 Å². The van der Waals surface area contributed by atoms with Crippen molar-refractivity contribution in [2.24, 2.45) is 5.92 Å². The van der Waals surface area contributed by atoms with Crippen LogP contribution in [0, 0.1) is 5.92 Å². The van der Waals surface area contributed by atoms with Crippen LogP contribution < -0.4 is 0 Å². The van der Waals surface area contributed by atoms with E-state index in [4.69, 9.17) is 9.47 Å². The highest BCUT2D eigenvalue weighted by Crippen LogP contribution is 2.23. The average Bonchev–Trinajstić information content (AvgIpc) is 2.54. The normalized spacial score (nSPS) is 19.8. The topological polar surface area (TPSA) is 51.7 Å². The average molecular weight is 334 g/mol. The van der Waals surface area contributed by atoms with Crippen LogP contribution in [0.1, 0.15) is 58.8 Å². The molecule has 2 unspecified atom stereocenters. The number of carbonyl (C=O) groups excluding carboxylic acids is 1. The van der Waals surface area contributed by atoms with E-state index >= 15 is 0 Å².